The molecule has 3 aliphatic rings. The number of anilines is 3. The van der Waals surface area contributed by atoms with E-state index in [1.54, 1.807) is 37.8 Å². The number of hydrogen-bond acceptors (Lipinski definition) is 9. The van der Waals surface area contributed by atoms with Crippen LogP contribution >= 0.6 is 0 Å². The van der Waals surface area contributed by atoms with E-state index >= 15 is 0 Å². The summed E-state index contributed by atoms with van der Waals surface area (Å²) in [4.78, 5) is 24.0. The molecule has 2 saturated heterocycles. The number of rotatable bonds is 6. The normalized spacial score (nSPS) is 21.0. The van der Waals surface area contributed by atoms with E-state index in [9.17, 15) is 31.5 Å². The maximum absolute atomic E-state index is 13.9. The lowest BCUT2D eigenvalue weighted by molar-refractivity contribution is -0.137. The highest BCUT2D eigenvalue weighted by molar-refractivity contribution is 7.92. The number of amides is 1. The van der Waals surface area contributed by atoms with Crippen molar-refractivity contribution in [3.63, 3.8) is 0 Å². The maximum atomic E-state index is 13.9. The fourth-order valence-electron chi connectivity index (χ4n) is 6.69. The Kier molecular flexibility index (Phi) is 8.80. The van der Waals surface area contributed by atoms with Gasteiger partial charge < -0.3 is 25.0 Å². The lowest BCUT2D eigenvalue weighted by atomic mass is 9.63. The Morgan fingerprint density at radius 1 is 1.09 bits per heavy atom. The molecule has 10 nitrogen and oxygen atoms in total. The first kappa shape index (κ1) is 34.2. The summed E-state index contributed by atoms with van der Waals surface area (Å²) in [6.07, 6.45) is -1.22. The molecule has 254 valence electrons. The van der Waals surface area contributed by atoms with Gasteiger partial charge in [-0.05, 0) is 103 Å². The standard InChI is InChI=1S/C32H44F3N5O5S/c1-20-15-22(46(43,44)23-16-31(17-23)10-13-39(14-11-31)28(41)45-29(2,3)4)7-8-25(20)37-27-36-18-24(32(33,34)35)26(38-27)40-12-9-21(19-40)30(5,6)42/h7-8,15,18,21,23,42H,9-14,16-17,19H2,1-6H3,(H,36,37,38)/t21-/m0/s1. The van der Waals surface area contributed by atoms with E-state index in [2.05, 4.69) is 15.3 Å². The molecule has 2 aliphatic heterocycles. The van der Waals surface area contributed by atoms with E-state index in [1.165, 1.54) is 11.0 Å². The van der Waals surface area contributed by atoms with Crippen LogP contribution in [0.5, 0.6) is 0 Å². The molecule has 0 bridgehead atoms. The lowest BCUT2D eigenvalue weighted by Gasteiger charge is -2.51. The van der Waals surface area contributed by atoms with Crippen molar-refractivity contribution in [1.29, 1.82) is 0 Å². The molecule has 3 heterocycles. The molecule has 1 amide bonds. The minimum absolute atomic E-state index is 0.0490. The number of halogens is 3. The highest BCUT2D eigenvalue weighted by atomic mass is 32.2. The van der Waals surface area contributed by atoms with E-state index in [0.29, 0.717) is 50.1 Å². The summed E-state index contributed by atoms with van der Waals surface area (Å²) in [5, 5.41) is 12.8. The van der Waals surface area contributed by atoms with Crippen molar-refractivity contribution in [2.45, 2.75) is 101 Å². The molecule has 14 heteroatoms. The molecule has 2 aromatic rings. The number of ether oxygens (including phenoxy) is 1. The largest absolute Gasteiger partial charge is 0.444 e. The Hall–Kier alpha value is -3.13. The van der Waals surface area contributed by atoms with Gasteiger partial charge in [-0.25, -0.2) is 18.2 Å². The highest BCUT2D eigenvalue weighted by Crippen LogP contribution is 2.53. The summed E-state index contributed by atoms with van der Waals surface area (Å²) in [5.74, 6) is -0.524. The minimum atomic E-state index is -4.66. The van der Waals surface area contributed by atoms with Crippen LogP contribution in [-0.4, -0.2) is 77.1 Å². The topological polar surface area (TPSA) is 125 Å². The fourth-order valence-corrected chi connectivity index (χ4v) is 8.82. The molecule has 1 saturated carbocycles. The highest BCUT2D eigenvalue weighted by Gasteiger charge is 2.51. The van der Waals surface area contributed by atoms with Crippen molar-refractivity contribution < 1.29 is 36.2 Å². The zero-order valence-electron chi connectivity index (χ0n) is 27.2. The molecule has 5 rings (SSSR count). The van der Waals surface area contributed by atoms with Crippen LogP contribution in [-0.2, 0) is 20.8 Å². The number of aliphatic hydroxyl groups is 1. The van der Waals surface area contributed by atoms with Crippen LogP contribution in [0.4, 0.5) is 35.4 Å². The Bertz CT molecular complexity index is 1570. The second-order valence-corrected chi connectivity index (χ2v) is 16.9. The molecule has 0 unspecified atom stereocenters. The summed E-state index contributed by atoms with van der Waals surface area (Å²) in [6.45, 7) is 12.1. The van der Waals surface area contributed by atoms with Crippen molar-refractivity contribution >= 4 is 33.4 Å². The lowest BCUT2D eigenvalue weighted by Crippen LogP contribution is -2.53. The molecule has 1 aliphatic carbocycles. The SMILES string of the molecule is Cc1cc(S(=O)(=O)C2CC3(CCN(C(=O)OC(C)(C)C)CC3)C2)ccc1Nc1ncc(C(F)(F)F)c(N2CC[C@H](C(C)(C)O)C2)n1. The van der Waals surface area contributed by atoms with Crippen molar-refractivity contribution in [3.05, 3.63) is 35.5 Å². The second kappa shape index (κ2) is 11.8. The van der Waals surface area contributed by atoms with Gasteiger partial charge in [0.05, 0.1) is 15.7 Å². The van der Waals surface area contributed by atoms with Gasteiger partial charge in [-0.15, -0.1) is 0 Å². The van der Waals surface area contributed by atoms with Gasteiger partial charge in [-0.3, -0.25) is 0 Å². The van der Waals surface area contributed by atoms with E-state index in [0.717, 1.165) is 19.0 Å². The van der Waals surface area contributed by atoms with Gasteiger partial charge >= 0.3 is 12.3 Å². The van der Waals surface area contributed by atoms with E-state index in [-0.39, 0.29) is 40.6 Å². The number of aromatic nitrogens is 2. The van der Waals surface area contributed by atoms with Crippen LogP contribution in [0, 0.1) is 18.3 Å². The Labute approximate surface area is 268 Å². The average Bonchev–Trinajstić information content (AvgIpc) is 3.42. The molecule has 0 radical (unpaired) electrons. The molecule has 2 N–H and O–H groups in total. The van der Waals surface area contributed by atoms with Crippen LogP contribution in [0.2, 0.25) is 0 Å². The summed E-state index contributed by atoms with van der Waals surface area (Å²) in [6, 6.07) is 4.64. The summed E-state index contributed by atoms with van der Waals surface area (Å²) in [5.41, 5.74) is -1.63. The minimum Gasteiger partial charge on any atom is -0.444 e. The van der Waals surface area contributed by atoms with E-state index in [1.807, 2.05) is 20.8 Å². The number of carbonyl (C=O) groups is 1. The second-order valence-electron chi connectivity index (χ2n) is 14.7. The van der Waals surface area contributed by atoms with Gasteiger partial charge in [0.1, 0.15) is 17.0 Å². The number of sulfone groups is 1. The maximum Gasteiger partial charge on any atom is 0.421 e. The number of nitrogens with zero attached hydrogens (tertiary/aromatic N) is 4. The molecule has 1 aromatic heterocycles. The number of aryl methyl sites for hydroxylation is 1. The van der Waals surface area contributed by atoms with Gasteiger partial charge in [0.15, 0.2) is 9.84 Å². The molecule has 46 heavy (non-hydrogen) atoms. The van der Waals surface area contributed by atoms with Crippen LogP contribution in [0.1, 0.15) is 77.8 Å². The zero-order valence-corrected chi connectivity index (χ0v) is 28.1. The third-order valence-corrected chi connectivity index (χ3v) is 11.7. The molecule has 3 fully saturated rings. The number of hydrogen-bond donors (Lipinski definition) is 2. The first-order chi connectivity index (χ1) is 21.2. The zero-order chi connectivity index (χ0) is 33.9. The number of nitrogens with one attached hydrogen (secondary N) is 1. The molecule has 1 spiro atoms. The molecular formula is C32H44F3N5O5S. The quantitative estimate of drug-likeness (QED) is 0.376. The third-order valence-electron chi connectivity index (χ3n) is 9.57. The Balaban J connectivity index is 1.25. The number of likely N-dealkylation sites (tertiary alicyclic amines) is 1. The van der Waals surface area contributed by atoms with Gasteiger partial charge in [-0.1, -0.05) is 0 Å². The van der Waals surface area contributed by atoms with Crippen molar-refractivity contribution in [2.24, 2.45) is 11.3 Å². The van der Waals surface area contributed by atoms with Crippen LogP contribution in [0.3, 0.4) is 0 Å². The average molecular weight is 668 g/mol. The summed E-state index contributed by atoms with van der Waals surface area (Å²) >= 11 is 0. The van der Waals surface area contributed by atoms with Crippen LogP contribution in [0.15, 0.2) is 29.3 Å². The van der Waals surface area contributed by atoms with E-state index in [4.69, 9.17) is 4.74 Å². The third kappa shape index (κ3) is 7.22. The van der Waals surface area contributed by atoms with Gasteiger partial charge in [0.2, 0.25) is 5.95 Å². The van der Waals surface area contributed by atoms with Crippen molar-refractivity contribution in [1.82, 2.24) is 14.9 Å². The fraction of sp³-hybridized carbons (Fsp3) is 0.656. The summed E-state index contributed by atoms with van der Waals surface area (Å²) in [7, 11) is -3.62. The molecular weight excluding hydrogens is 623 g/mol. The monoisotopic (exact) mass is 667 g/mol. The van der Waals surface area contributed by atoms with Crippen LogP contribution in [0.25, 0.3) is 0 Å². The van der Waals surface area contributed by atoms with Crippen molar-refractivity contribution in [3.8, 4) is 0 Å². The van der Waals surface area contributed by atoms with Crippen molar-refractivity contribution in [2.75, 3.05) is 36.4 Å². The molecule has 1 atom stereocenters. The van der Waals surface area contributed by atoms with Gasteiger partial charge in [0.25, 0.3) is 0 Å². The predicted octanol–water partition coefficient (Wildman–Crippen LogP) is 6.10. The predicted molar refractivity (Wildman–Crippen MR) is 168 cm³/mol. The number of alkyl halides is 3. The summed E-state index contributed by atoms with van der Waals surface area (Å²) < 4.78 is 74.2. The Morgan fingerprint density at radius 3 is 2.28 bits per heavy atom. The first-order valence-electron chi connectivity index (χ1n) is 15.7. The number of carbonyl (C=O) groups excluding carboxylic acids is 1. The Morgan fingerprint density at radius 2 is 1.74 bits per heavy atom. The number of benzene rings is 1. The smallest absolute Gasteiger partial charge is 0.421 e. The van der Waals surface area contributed by atoms with E-state index < -0.39 is 38.0 Å². The van der Waals surface area contributed by atoms with Gasteiger partial charge in [-0.2, -0.15) is 18.2 Å². The molecule has 1 aromatic carbocycles. The van der Waals surface area contributed by atoms with Crippen LogP contribution < -0.4 is 10.2 Å². The first-order valence-corrected chi connectivity index (χ1v) is 17.2. The number of piperidine rings is 1. The van der Waals surface area contributed by atoms with Gasteiger partial charge in [0, 0.05) is 44.0 Å².